The molecule has 1 aromatic heterocycles. The summed E-state index contributed by atoms with van der Waals surface area (Å²) in [4.78, 5) is 13.0. The zero-order chi connectivity index (χ0) is 19.5. The van der Waals surface area contributed by atoms with Crippen molar-refractivity contribution in [2.24, 2.45) is 0 Å². The van der Waals surface area contributed by atoms with Gasteiger partial charge >= 0.3 is 0 Å². The molecule has 1 atom stereocenters. The van der Waals surface area contributed by atoms with Crippen molar-refractivity contribution in [3.8, 4) is 0 Å². The first-order valence-electron chi connectivity index (χ1n) is 9.31. The Kier molecular flexibility index (Phi) is 5.13. The van der Waals surface area contributed by atoms with E-state index < -0.39 is 0 Å². The summed E-state index contributed by atoms with van der Waals surface area (Å²) in [6.07, 6.45) is 0. The second-order valence-corrected chi connectivity index (χ2v) is 7.84. The van der Waals surface area contributed by atoms with Crippen LogP contribution in [0.5, 0.6) is 0 Å². The van der Waals surface area contributed by atoms with Gasteiger partial charge in [-0.05, 0) is 65.4 Å². The Morgan fingerprint density at radius 1 is 0.964 bits per heavy atom. The molecule has 1 amide bonds. The summed E-state index contributed by atoms with van der Waals surface area (Å²) in [7, 11) is 0. The van der Waals surface area contributed by atoms with E-state index in [-0.39, 0.29) is 11.9 Å². The van der Waals surface area contributed by atoms with Crippen LogP contribution in [0, 0.1) is 6.92 Å². The third-order valence-corrected chi connectivity index (χ3v) is 5.69. The highest BCUT2D eigenvalue weighted by molar-refractivity contribution is 7.14. The molecule has 0 saturated carbocycles. The van der Waals surface area contributed by atoms with Gasteiger partial charge in [0.2, 0.25) is 0 Å². The average Bonchev–Trinajstić information content (AvgIpc) is 3.22. The highest BCUT2D eigenvalue weighted by Gasteiger charge is 2.16. The van der Waals surface area contributed by atoms with Gasteiger partial charge in [-0.2, -0.15) is 0 Å². The molecule has 0 spiro atoms. The van der Waals surface area contributed by atoms with Crippen molar-refractivity contribution in [2.75, 3.05) is 5.32 Å². The Bertz CT molecular complexity index is 1110. The topological polar surface area (TPSA) is 41.1 Å². The largest absolute Gasteiger partial charge is 0.347 e. The molecule has 3 nitrogen and oxygen atoms in total. The van der Waals surface area contributed by atoms with Crippen molar-refractivity contribution in [3.63, 3.8) is 0 Å². The van der Waals surface area contributed by atoms with Crippen LogP contribution in [0.4, 0.5) is 10.7 Å². The third-order valence-electron chi connectivity index (χ3n) is 4.91. The molecular weight excluding hydrogens is 364 g/mol. The van der Waals surface area contributed by atoms with Gasteiger partial charge in [0.15, 0.2) is 0 Å². The highest BCUT2D eigenvalue weighted by atomic mass is 32.1. The number of nitrogens with one attached hydrogen (secondary N) is 2. The van der Waals surface area contributed by atoms with Crippen LogP contribution in [0.1, 0.15) is 34.5 Å². The van der Waals surface area contributed by atoms with Crippen LogP contribution in [0.25, 0.3) is 10.8 Å². The van der Waals surface area contributed by atoms with Gasteiger partial charge in [-0.3, -0.25) is 4.79 Å². The maximum atomic E-state index is 13.0. The van der Waals surface area contributed by atoms with E-state index in [1.807, 2.05) is 67.8 Å². The van der Waals surface area contributed by atoms with Crippen molar-refractivity contribution >= 4 is 38.7 Å². The van der Waals surface area contributed by atoms with E-state index in [4.69, 9.17) is 0 Å². The van der Waals surface area contributed by atoms with Gasteiger partial charge in [-0.15, -0.1) is 11.3 Å². The molecule has 0 bridgehead atoms. The predicted molar refractivity (Wildman–Crippen MR) is 119 cm³/mol. The number of hydrogen-bond acceptors (Lipinski definition) is 3. The Balaban J connectivity index is 1.57. The molecule has 4 rings (SSSR count). The number of carbonyl (C=O) groups excluding carboxylic acids is 1. The van der Waals surface area contributed by atoms with Crippen molar-refractivity contribution in [2.45, 2.75) is 19.9 Å². The normalized spacial score (nSPS) is 11.9. The van der Waals surface area contributed by atoms with Crippen molar-refractivity contribution < 1.29 is 4.79 Å². The fourth-order valence-corrected chi connectivity index (χ4v) is 4.05. The van der Waals surface area contributed by atoms with E-state index in [0.29, 0.717) is 5.56 Å². The zero-order valence-corrected chi connectivity index (χ0v) is 16.7. The van der Waals surface area contributed by atoms with Crippen LogP contribution in [0.2, 0.25) is 0 Å². The minimum Gasteiger partial charge on any atom is -0.347 e. The molecule has 140 valence electrons. The van der Waals surface area contributed by atoms with E-state index in [1.165, 1.54) is 10.8 Å². The Morgan fingerprint density at radius 2 is 1.79 bits per heavy atom. The van der Waals surface area contributed by atoms with Crippen LogP contribution >= 0.6 is 11.3 Å². The summed E-state index contributed by atoms with van der Waals surface area (Å²) < 4.78 is 0. The summed E-state index contributed by atoms with van der Waals surface area (Å²) in [6.45, 7) is 4.00. The summed E-state index contributed by atoms with van der Waals surface area (Å²) in [5, 5.41) is 11.9. The monoisotopic (exact) mass is 386 g/mol. The molecule has 4 heteroatoms. The van der Waals surface area contributed by atoms with Gasteiger partial charge in [-0.1, -0.05) is 48.5 Å². The SMILES string of the molecule is Cc1ccc(Nc2cccs2)cc1C(=O)N[C@H](C)c1cccc2ccccc12. The number of carbonyl (C=O) groups is 1. The second-order valence-electron chi connectivity index (χ2n) is 6.90. The first-order chi connectivity index (χ1) is 13.6. The van der Waals surface area contributed by atoms with E-state index in [2.05, 4.69) is 34.9 Å². The summed E-state index contributed by atoms with van der Waals surface area (Å²) in [5.74, 6) is -0.0623. The predicted octanol–water partition coefficient (Wildman–Crippen LogP) is 6.44. The molecule has 3 aromatic carbocycles. The van der Waals surface area contributed by atoms with Crippen LogP contribution in [-0.4, -0.2) is 5.91 Å². The molecule has 1 heterocycles. The Labute approximate surface area is 169 Å². The number of anilines is 2. The zero-order valence-electron chi connectivity index (χ0n) is 15.9. The number of rotatable bonds is 5. The number of benzene rings is 3. The van der Waals surface area contributed by atoms with Crippen LogP contribution in [-0.2, 0) is 0 Å². The standard InChI is InChI=1S/C24H22N2OS/c1-16-12-13-19(26-23-11-6-14-28-23)15-22(16)24(27)25-17(2)20-10-5-8-18-7-3-4-9-21(18)20/h3-15,17,26H,1-2H3,(H,25,27)/t17-/m1/s1. The molecule has 0 aliphatic rings. The summed E-state index contributed by atoms with van der Waals surface area (Å²) in [5.41, 5.74) is 3.68. The minimum atomic E-state index is -0.0908. The molecule has 2 N–H and O–H groups in total. The highest BCUT2D eigenvalue weighted by Crippen LogP contribution is 2.26. The molecular formula is C24H22N2OS. The first kappa shape index (κ1) is 18.3. The quantitative estimate of drug-likeness (QED) is 0.414. The molecule has 0 radical (unpaired) electrons. The van der Waals surface area contributed by atoms with Gasteiger partial charge in [0, 0.05) is 11.3 Å². The van der Waals surface area contributed by atoms with Crippen molar-refractivity contribution in [1.82, 2.24) is 5.32 Å². The van der Waals surface area contributed by atoms with E-state index >= 15 is 0 Å². The lowest BCUT2D eigenvalue weighted by Gasteiger charge is -2.18. The maximum absolute atomic E-state index is 13.0. The fraction of sp³-hybridized carbons (Fsp3) is 0.125. The Morgan fingerprint density at radius 3 is 2.61 bits per heavy atom. The van der Waals surface area contributed by atoms with Gasteiger partial charge in [0.1, 0.15) is 0 Å². The van der Waals surface area contributed by atoms with E-state index in [1.54, 1.807) is 11.3 Å². The third kappa shape index (κ3) is 3.78. The molecule has 4 aromatic rings. The number of fused-ring (bicyclic) bond motifs is 1. The number of amides is 1. The van der Waals surface area contributed by atoms with Crippen LogP contribution < -0.4 is 10.6 Å². The van der Waals surface area contributed by atoms with Gasteiger partial charge in [-0.25, -0.2) is 0 Å². The average molecular weight is 387 g/mol. The second kappa shape index (κ2) is 7.87. The number of thiophene rings is 1. The number of hydrogen-bond donors (Lipinski definition) is 2. The summed E-state index contributed by atoms with van der Waals surface area (Å²) >= 11 is 1.63. The molecule has 0 aliphatic carbocycles. The lowest BCUT2D eigenvalue weighted by Crippen LogP contribution is -2.27. The first-order valence-corrected chi connectivity index (χ1v) is 10.2. The molecule has 0 saturated heterocycles. The lowest BCUT2D eigenvalue weighted by atomic mass is 9.99. The van der Waals surface area contributed by atoms with Crippen molar-refractivity contribution in [1.29, 1.82) is 0 Å². The lowest BCUT2D eigenvalue weighted by molar-refractivity contribution is 0.0939. The Hall–Kier alpha value is -3.11. The van der Waals surface area contributed by atoms with Gasteiger partial charge < -0.3 is 10.6 Å². The van der Waals surface area contributed by atoms with E-state index in [0.717, 1.165) is 21.8 Å². The molecule has 28 heavy (non-hydrogen) atoms. The molecule has 0 aliphatic heterocycles. The van der Waals surface area contributed by atoms with Crippen molar-refractivity contribution in [3.05, 3.63) is 94.9 Å². The fourth-order valence-electron chi connectivity index (χ4n) is 3.42. The molecule has 0 unspecified atom stereocenters. The summed E-state index contributed by atoms with van der Waals surface area (Å²) in [6, 6.07) is 24.3. The van der Waals surface area contributed by atoms with Gasteiger partial charge in [0.25, 0.3) is 5.91 Å². The van der Waals surface area contributed by atoms with E-state index in [9.17, 15) is 4.79 Å². The van der Waals surface area contributed by atoms with Gasteiger partial charge in [0.05, 0.1) is 11.0 Å². The van der Waals surface area contributed by atoms with Crippen LogP contribution in [0.15, 0.2) is 78.2 Å². The van der Waals surface area contributed by atoms with Crippen LogP contribution in [0.3, 0.4) is 0 Å². The smallest absolute Gasteiger partial charge is 0.252 e. The maximum Gasteiger partial charge on any atom is 0.252 e. The number of aryl methyl sites for hydroxylation is 1. The molecule has 0 fully saturated rings. The minimum absolute atomic E-state index is 0.0623.